The summed E-state index contributed by atoms with van der Waals surface area (Å²) in [5.74, 6) is 0.629. The molecule has 6 aromatic rings. The van der Waals surface area contributed by atoms with E-state index in [1.165, 1.54) is 0 Å². The van der Waals surface area contributed by atoms with Gasteiger partial charge in [0.1, 0.15) is 17.2 Å². The fourth-order valence-electron chi connectivity index (χ4n) is 6.06. The van der Waals surface area contributed by atoms with Gasteiger partial charge < -0.3 is 15.3 Å². The molecular formula is C39H32O3. The highest BCUT2D eigenvalue weighted by atomic mass is 16.3. The molecule has 3 N–H and O–H groups in total. The van der Waals surface area contributed by atoms with Crippen molar-refractivity contribution in [2.75, 3.05) is 0 Å². The number of aromatic hydroxyl groups is 3. The average molecular weight is 549 g/mol. The van der Waals surface area contributed by atoms with Crippen LogP contribution in [0.4, 0.5) is 0 Å². The number of benzene rings is 6. The molecule has 3 heteroatoms. The van der Waals surface area contributed by atoms with Crippen LogP contribution in [0.25, 0.3) is 33.4 Å². The molecule has 0 radical (unpaired) electrons. The van der Waals surface area contributed by atoms with Crippen LogP contribution in [0.5, 0.6) is 17.2 Å². The summed E-state index contributed by atoms with van der Waals surface area (Å²) in [4.78, 5) is 0. The number of phenols is 3. The van der Waals surface area contributed by atoms with E-state index < -0.39 is 5.41 Å². The summed E-state index contributed by atoms with van der Waals surface area (Å²) in [5, 5.41) is 32.9. The topological polar surface area (TPSA) is 60.7 Å². The highest BCUT2D eigenvalue weighted by Gasteiger charge is 2.36. The Labute approximate surface area is 246 Å². The van der Waals surface area contributed by atoms with Crippen LogP contribution in [0, 0.1) is 0 Å². The first kappa shape index (κ1) is 26.9. The maximum atomic E-state index is 11.0. The molecule has 0 amide bonds. The van der Waals surface area contributed by atoms with E-state index in [1.807, 2.05) is 109 Å². The van der Waals surface area contributed by atoms with Crippen LogP contribution >= 0.6 is 0 Å². The largest absolute Gasteiger partial charge is 0.507 e. The van der Waals surface area contributed by atoms with E-state index in [0.717, 1.165) is 50.1 Å². The number of hydrogen-bond acceptors (Lipinski definition) is 3. The van der Waals surface area contributed by atoms with E-state index in [1.54, 1.807) is 18.2 Å². The molecule has 0 saturated heterocycles. The van der Waals surface area contributed by atoms with Gasteiger partial charge in [-0.1, -0.05) is 116 Å². The molecule has 0 unspecified atom stereocenters. The molecule has 0 spiro atoms. The van der Waals surface area contributed by atoms with Crippen molar-refractivity contribution >= 4 is 0 Å². The standard InChI is InChI=1S/C39H32O3/c1-2-39(30-18-21-36(40)33(24-30)27-12-6-3-7-13-27,31-19-22-37(41)34(25-31)28-14-8-4-9-15-28)32-20-23-38(42)35(26-32)29-16-10-5-11-17-29/h3-26,40-42H,2H2,1H3. The quantitative estimate of drug-likeness (QED) is 0.174. The Morgan fingerprint density at radius 1 is 0.405 bits per heavy atom. The third-order valence-corrected chi connectivity index (χ3v) is 8.25. The van der Waals surface area contributed by atoms with Crippen molar-refractivity contribution in [2.45, 2.75) is 18.8 Å². The SMILES string of the molecule is CCC(c1ccc(O)c(-c2ccccc2)c1)(c1ccc(O)c(-c2ccccc2)c1)c1ccc(O)c(-c2ccccc2)c1. The van der Waals surface area contributed by atoms with Crippen LogP contribution in [0.15, 0.2) is 146 Å². The number of hydrogen-bond donors (Lipinski definition) is 3. The van der Waals surface area contributed by atoms with Crippen LogP contribution in [0.3, 0.4) is 0 Å². The normalized spacial score (nSPS) is 11.4. The van der Waals surface area contributed by atoms with Gasteiger partial charge in [-0.25, -0.2) is 0 Å². The minimum absolute atomic E-state index is 0.210. The zero-order valence-electron chi connectivity index (χ0n) is 23.4. The van der Waals surface area contributed by atoms with Crippen LogP contribution < -0.4 is 0 Å². The Hall–Kier alpha value is -5.28. The predicted octanol–water partition coefficient (Wildman–Crippen LogP) is 9.55. The van der Waals surface area contributed by atoms with Crippen LogP contribution in [0.2, 0.25) is 0 Å². The second-order valence-electron chi connectivity index (χ2n) is 10.6. The monoisotopic (exact) mass is 548 g/mol. The van der Waals surface area contributed by atoms with Crippen molar-refractivity contribution in [3.8, 4) is 50.6 Å². The first-order chi connectivity index (χ1) is 20.5. The summed E-state index contributed by atoms with van der Waals surface area (Å²) in [6.07, 6.45) is 0.685. The van der Waals surface area contributed by atoms with Gasteiger partial charge in [-0.05, 0) is 76.2 Å². The van der Waals surface area contributed by atoms with E-state index in [4.69, 9.17) is 0 Å². The van der Waals surface area contributed by atoms with Crippen molar-refractivity contribution in [2.24, 2.45) is 0 Å². The van der Waals surface area contributed by atoms with Crippen molar-refractivity contribution in [1.82, 2.24) is 0 Å². The summed E-state index contributed by atoms with van der Waals surface area (Å²) in [7, 11) is 0. The molecule has 42 heavy (non-hydrogen) atoms. The summed E-state index contributed by atoms with van der Waals surface area (Å²) in [6.45, 7) is 2.15. The minimum atomic E-state index is -0.675. The zero-order chi connectivity index (χ0) is 29.1. The highest BCUT2D eigenvalue weighted by molar-refractivity contribution is 5.76. The van der Waals surface area contributed by atoms with Crippen molar-refractivity contribution in [3.63, 3.8) is 0 Å². The van der Waals surface area contributed by atoms with Gasteiger partial charge in [-0.15, -0.1) is 0 Å². The predicted molar refractivity (Wildman–Crippen MR) is 171 cm³/mol. The lowest BCUT2D eigenvalue weighted by molar-refractivity contribution is 0.475. The van der Waals surface area contributed by atoms with Gasteiger partial charge in [-0.3, -0.25) is 0 Å². The van der Waals surface area contributed by atoms with Crippen LogP contribution in [-0.2, 0) is 5.41 Å². The molecule has 0 aliphatic rings. The molecule has 6 rings (SSSR count). The molecule has 0 aromatic heterocycles. The Balaban J connectivity index is 1.65. The Kier molecular flexibility index (Phi) is 7.24. The summed E-state index contributed by atoms with van der Waals surface area (Å²) >= 11 is 0. The molecule has 6 aromatic carbocycles. The smallest absolute Gasteiger partial charge is 0.123 e. The van der Waals surface area contributed by atoms with Crippen molar-refractivity contribution in [1.29, 1.82) is 0 Å². The number of rotatable bonds is 7. The Morgan fingerprint density at radius 3 is 0.952 bits per heavy atom. The average Bonchev–Trinajstić information content (AvgIpc) is 3.04. The highest BCUT2D eigenvalue weighted by Crippen LogP contribution is 2.48. The molecule has 206 valence electrons. The van der Waals surface area contributed by atoms with E-state index in [0.29, 0.717) is 6.42 Å². The Bertz CT molecular complexity index is 1610. The van der Waals surface area contributed by atoms with Crippen molar-refractivity contribution in [3.05, 3.63) is 162 Å². The molecule has 0 bridgehead atoms. The molecule has 0 fully saturated rings. The van der Waals surface area contributed by atoms with Crippen molar-refractivity contribution < 1.29 is 15.3 Å². The van der Waals surface area contributed by atoms with Gasteiger partial charge in [0.05, 0.1) is 0 Å². The van der Waals surface area contributed by atoms with Gasteiger partial charge in [0.25, 0.3) is 0 Å². The van der Waals surface area contributed by atoms with Gasteiger partial charge in [0, 0.05) is 22.1 Å². The van der Waals surface area contributed by atoms with Crippen LogP contribution in [0.1, 0.15) is 30.0 Å². The molecule has 0 atom stereocenters. The third kappa shape index (κ3) is 4.80. The van der Waals surface area contributed by atoms with E-state index in [9.17, 15) is 15.3 Å². The van der Waals surface area contributed by atoms with Crippen LogP contribution in [-0.4, -0.2) is 15.3 Å². The maximum absolute atomic E-state index is 11.0. The first-order valence-corrected chi connectivity index (χ1v) is 14.2. The van der Waals surface area contributed by atoms with Gasteiger partial charge in [0.2, 0.25) is 0 Å². The molecule has 0 aliphatic carbocycles. The van der Waals surface area contributed by atoms with Gasteiger partial charge in [0.15, 0.2) is 0 Å². The second-order valence-corrected chi connectivity index (χ2v) is 10.6. The Morgan fingerprint density at radius 2 is 0.690 bits per heavy atom. The van der Waals surface area contributed by atoms with E-state index in [-0.39, 0.29) is 17.2 Å². The summed E-state index contributed by atoms with van der Waals surface area (Å²) < 4.78 is 0. The minimum Gasteiger partial charge on any atom is -0.507 e. The lowest BCUT2D eigenvalue weighted by atomic mass is 9.66. The molecule has 3 nitrogen and oxygen atoms in total. The fraction of sp³-hybridized carbons (Fsp3) is 0.0769. The molecule has 0 aliphatic heterocycles. The lowest BCUT2D eigenvalue weighted by Gasteiger charge is -2.36. The zero-order valence-corrected chi connectivity index (χ0v) is 23.4. The second kappa shape index (κ2) is 11.3. The molecular weight excluding hydrogens is 516 g/mol. The number of phenolic OH excluding ortho intramolecular Hbond substituents is 3. The third-order valence-electron chi connectivity index (χ3n) is 8.25. The van der Waals surface area contributed by atoms with E-state index in [2.05, 4.69) is 25.1 Å². The first-order valence-electron chi connectivity index (χ1n) is 14.2. The van der Waals surface area contributed by atoms with Gasteiger partial charge >= 0.3 is 0 Å². The summed E-state index contributed by atoms with van der Waals surface area (Å²) in [5.41, 5.74) is 7.32. The molecule has 0 heterocycles. The lowest BCUT2D eigenvalue weighted by Crippen LogP contribution is -2.29. The maximum Gasteiger partial charge on any atom is 0.123 e. The fourth-order valence-corrected chi connectivity index (χ4v) is 6.06. The molecule has 0 saturated carbocycles. The van der Waals surface area contributed by atoms with E-state index >= 15 is 0 Å². The van der Waals surface area contributed by atoms with Gasteiger partial charge in [-0.2, -0.15) is 0 Å². The summed E-state index contributed by atoms with van der Waals surface area (Å²) in [6, 6.07) is 47.1.